The maximum atomic E-state index is 14.0. The molecule has 1 saturated heterocycles. The van der Waals surface area contributed by atoms with Gasteiger partial charge in [0.25, 0.3) is 0 Å². The zero-order valence-corrected chi connectivity index (χ0v) is 11.7. The maximum absolute atomic E-state index is 14.0. The normalized spacial score (nSPS) is 24.6. The molecule has 2 atom stereocenters. The Balaban J connectivity index is 1.83. The van der Waals surface area contributed by atoms with Crippen LogP contribution in [0.1, 0.15) is 30.9 Å². The van der Waals surface area contributed by atoms with Crippen molar-refractivity contribution in [3.8, 4) is 5.75 Å². The van der Waals surface area contributed by atoms with Gasteiger partial charge in [-0.05, 0) is 31.0 Å². The second-order valence-corrected chi connectivity index (χ2v) is 5.53. The number of amides is 2. The van der Waals surface area contributed by atoms with Crippen LogP contribution in [0.2, 0.25) is 0 Å². The lowest BCUT2D eigenvalue weighted by Crippen LogP contribution is -2.39. The van der Waals surface area contributed by atoms with E-state index in [1.807, 2.05) is 0 Å². The third-order valence-electron chi connectivity index (χ3n) is 3.94. The molecular formula is C15H17FN2O3. The van der Waals surface area contributed by atoms with Crippen molar-refractivity contribution in [3.05, 3.63) is 29.6 Å². The van der Waals surface area contributed by atoms with Gasteiger partial charge in [-0.2, -0.15) is 0 Å². The zero-order chi connectivity index (χ0) is 15.0. The molecule has 1 saturated carbocycles. The van der Waals surface area contributed by atoms with Crippen LogP contribution in [-0.4, -0.2) is 25.0 Å². The van der Waals surface area contributed by atoms with Gasteiger partial charge in [-0.15, -0.1) is 0 Å². The van der Waals surface area contributed by atoms with Gasteiger partial charge in [0, 0.05) is 17.9 Å². The van der Waals surface area contributed by atoms with Crippen LogP contribution in [0, 0.1) is 11.7 Å². The first kappa shape index (κ1) is 13.9. The van der Waals surface area contributed by atoms with E-state index in [0.29, 0.717) is 11.3 Å². The fourth-order valence-electron chi connectivity index (χ4n) is 2.61. The molecule has 2 amide bonds. The Morgan fingerprint density at radius 3 is 2.86 bits per heavy atom. The molecule has 5 nitrogen and oxygen atoms in total. The first-order chi connectivity index (χ1) is 10.1. The Bertz CT molecular complexity index is 586. The van der Waals surface area contributed by atoms with Gasteiger partial charge >= 0.3 is 0 Å². The summed E-state index contributed by atoms with van der Waals surface area (Å²) in [5.74, 6) is -0.0990. The number of rotatable bonds is 4. The van der Waals surface area contributed by atoms with Gasteiger partial charge in [-0.3, -0.25) is 9.59 Å². The van der Waals surface area contributed by atoms with E-state index in [9.17, 15) is 14.0 Å². The molecule has 0 bridgehead atoms. The predicted molar refractivity (Wildman–Crippen MR) is 73.1 cm³/mol. The summed E-state index contributed by atoms with van der Waals surface area (Å²) in [5.41, 5.74) is 0.335. The number of nitrogens with one attached hydrogen (secondary N) is 2. The Labute approximate surface area is 121 Å². The lowest BCUT2D eigenvalue weighted by Gasteiger charge is -2.21. The van der Waals surface area contributed by atoms with E-state index in [-0.39, 0.29) is 24.2 Å². The van der Waals surface area contributed by atoms with Gasteiger partial charge < -0.3 is 15.4 Å². The summed E-state index contributed by atoms with van der Waals surface area (Å²) in [5, 5.41) is 5.58. The topological polar surface area (TPSA) is 67.4 Å². The van der Waals surface area contributed by atoms with Crippen molar-refractivity contribution in [1.82, 2.24) is 10.6 Å². The molecule has 1 heterocycles. The molecule has 1 aromatic carbocycles. The third-order valence-corrected chi connectivity index (χ3v) is 3.94. The second-order valence-electron chi connectivity index (χ2n) is 5.53. The average molecular weight is 292 g/mol. The van der Waals surface area contributed by atoms with Crippen molar-refractivity contribution in [1.29, 1.82) is 0 Å². The molecule has 0 spiro atoms. The van der Waals surface area contributed by atoms with Crippen molar-refractivity contribution in [2.45, 2.75) is 31.3 Å². The quantitative estimate of drug-likeness (QED) is 0.878. The van der Waals surface area contributed by atoms with Gasteiger partial charge in [0.2, 0.25) is 11.8 Å². The van der Waals surface area contributed by atoms with E-state index >= 15 is 0 Å². The average Bonchev–Trinajstić information content (AvgIpc) is 3.24. The van der Waals surface area contributed by atoms with Crippen molar-refractivity contribution >= 4 is 11.8 Å². The molecule has 1 aliphatic carbocycles. The number of benzene rings is 1. The minimum Gasteiger partial charge on any atom is -0.497 e. The van der Waals surface area contributed by atoms with E-state index in [1.165, 1.54) is 19.2 Å². The summed E-state index contributed by atoms with van der Waals surface area (Å²) >= 11 is 0. The summed E-state index contributed by atoms with van der Waals surface area (Å²) in [4.78, 5) is 23.5. The highest BCUT2D eigenvalue weighted by Gasteiger charge is 2.39. The summed E-state index contributed by atoms with van der Waals surface area (Å²) < 4.78 is 19.1. The van der Waals surface area contributed by atoms with Crippen LogP contribution in [0.4, 0.5) is 4.39 Å². The van der Waals surface area contributed by atoms with E-state index in [4.69, 9.17) is 4.74 Å². The minimum atomic E-state index is -0.560. The number of carbonyl (C=O) groups is 2. The number of hydrogen-bond acceptors (Lipinski definition) is 3. The summed E-state index contributed by atoms with van der Waals surface area (Å²) in [6, 6.07) is 3.40. The lowest BCUT2D eigenvalue weighted by molar-refractivity contribution is -0.123. The van der Waals surface area contributed by atoms with Crippen molar-refractivity contribution in [2.24, 2.45) is 5.92 Å². The van der Waals surface area contributed by atoms with Crippen LogP contribution in [-0.2, 0) is 9.59 Å². The maximum Gasteiger partial charge on any atom is 0.223 e. The van der Waals surface area contributed by atoms with Crippen LogP contribution < -0.4 is 15.4 Å². The van der Waals surface area contributed by atoms with Crippen LogP contribution in [0.25, 0.3) is 0 Å². The number of carbonyl (C=O) groups excluding carboxylic acids is 2. The van der Waals surface area contributed by atoms with Crippen molar-refractivity contribution in [2.75, 3.05) is 7.11 Å². The Kier molecular flexibility index (Phi) is 3.53. The Morgan fingerprint density at radius 2 is 2.19 bits per heavy atom. The van der Waals surface area contributed by atoms with Gasteiger partial charge in [0.1, 0.15) is 11.6 Å². The van der Waals surface area contributed by atoms with E-state index in [1.54, 1.807) is 6.07 Å². The third kappa shape index (κ3) is 2.84. The van der Waals surface area contributed by atoms with E-state index in [2.05, 4.69) is 10.6 Å². The highest BCUT2D eigenvalue weighted by atomic mass is 19.1. The van der Waals surface area contributed by atoms with Crippen LogP contribution in [0.15, 0.2) is 18.2 Å². The SMILES string of the molecule is COc1ccc(F)c([C@H]2NC(=O)CC2NC(=O)C2CC2)c1. The molecule has 112 valence electrons. The first-order valence-electron chi connectivity index (χ1n) is 7.01. The lowest BCUT2D eigenvalue weighted by atomic mass is 9.99. The largest absolute Gasteiger partial charge is 0.497 e. The van der Waals surface area contributed by atoms with Gasteiger partial charge in [0.05, 0.1) is 19.2 Å². The van der Waals surface area contributed by atoms with Gasteiger partial charge in [0.15, 0.2) is 0 Å². The molecule has 21 heavy (non-hydrogen) atoms. The van der Waals surface area contributed by atoms with Crippen LogP contribution in [0.5, 0.6) is 5.75 Å². The van der Waals surface area contributed by atoms with Crippen LogP contribution >= 0.6 is 0 Å². The molecule has 3 rings (SSSR count). The Morgan fingerprint density at radius 1 is 1.43 bits per heavy atom. The molecule has 2 fully saturated rings. The van der Waals surface area contributed by atoms with E-state index < -0.39 is 17.9 Å². The molecule has 2 N–H and O–H groups in total. The molecule has 0 radical (unpaired) electrons. The number of methoxy groups -OCH3 is 1. The fraction of sp³-hybridized carbons (Fsp3) is 0.467. The van der Waals surface area contributed by atoms with Crippen molar-refractivity contribution in [3.63, 3.8) is 0 Å². The second kappa shape index (κ2) is 5.35. The molecule has 1 aromatic rings. The fourth-order valence-corrected chi connectivity index (χ4v) is 2.61. The van der Waals surface area contributed by atoms with Gasteiger partial charge in [-0.1, -0.05) is 0 Å². The van der Waals surface area contributed by atoms with Crippen molar-refractivity contribution < 1.29 is 18.7 Å². The monoisotopic (exact) mass is 292 g/mol. The standard InChI is InChI=1S/C15H17FN2O3/c1-21-9-4-5-11(16)10(6-9)14-12(7-13(19)18-14)17-15(20)8-2-3-8/h4-6,8,12,14H,2-3,7H2,1H3,(H,17,20)(H,18,19)/t12?,14-/m1/s1. The Hall–Kier alpha value is -2.11. The molecule has 2 aliphatic rings. The summed E-state index contributed by atoms with van der Waals surface area (Å²) in [7, 11) is 1.50. The zero-order valence-electron chi connectivity index (χ0n) is 11.7. The first-order valence-corrected chi connectivity index (χ1v) is 7.01. The highest BCUT2D eigenvalue weighted by Crippen LogP contribution is 2.32. The molecule has 0 aromatic heterocycles. The predicted octanol–water partition coefficient (Wildman–Crippen LogP) is 1.29. The smallest absolute Gasteiger partial charge is 0.223 e. The highest BCUT2D eigenvalue weighted by molar-refractivity contribution is 5.85. The summed E-state index contributed by atoms with van der Waals surface area (Å²) in [6.07, 6.45) is 1.94. The number of halogens is 1. The molecule has 1 unspecified atom stereocenters. The van der Waals surface area contributed by atoms with E-state index in [0.717, 1.165) is 12.8 Å². The van der Waals surface area contributed by atoms with Crippen LogP contribution in [0.3, 0.4) is 0 Å². The molecule has 1 aliphatic heterocycles. The molecular weight excluding hydrogens is 275 g/mol. The summed E-state index contributed by atoms with van der Waals surface area (Å²) in [6.45, 7) is 0. The number of ether oxygens (including phenoxy) is 1. The molecule has 6 heteroatoms. The number of hydrogen-bond donors (Lipinski definition) is 2. The van der Waals surface area contributed by atoms with Gasteiger partial charge in [-0.25, -0.2) is 4.39 Å². The minimum absolute atomic E-state index is 0.0511.